The largest absolute Gasteiger partial charge is 0.496 e. The zero-order valence-electron chi connectivity index (χ0n) is 20.2. The number of fused-ring (bicyclic) bond motifs is 1. The number of rotatable bonds is 6. The summed E-state index contributed by atoms with van der Waals surface area (Å²) in [5.41, 5.74) is 4.84. The molecule has 10 heteroatoms. The van der Waals surface area contributed by atoms with Crippen molar-refractivity contribution >= 4 is 28.6 Å². The number of ether oxygens (including phenoxy) is 1. The maximum absolute atomic E-state index is 9.89. The van der Waals surface area contributed by atoms with Crippen molar-refractivity contribution in [3.63, 3.8) is 0 Å². The Morgan fingerprint density at radius 3 is 2.79 bits per heavy atom. The number of benzene rings is 1. The Balaban J connectivity index is 1.51. The highest BCUT2D eigenvalue weighted by Crippen LogP contribution is 2.33. The average Bonchev–Trinajstić information content (AvgIpc) is 3.55. The maximum Gasteiger partial charge on any atom is 0.232 e. The number of anilines is 3. The van der Waals surface area contributed by atoms with Gasteiger partial charge in [-0.05, 0) is 50.8 Å². The van der Waals surface area contributed by atoms with Crippen LogP contribution in [-0.2, 0) is 7.05 Å². The molecule has 1 aliphatic rings. The molecule has 1 aromatic carbocycles. The van der Waals surface area contributed by atoms with Gasteiger partial charge in [-0.25, -0.2) is 9.67 Å². The number of aromatic nitrogens is 6. The quantitative estimate of drug-likeness (QED) is 0.450. The molecule has 1 aliphatic heterocycles. The van der Waals surface area contributed by atoms with Crippen LogP contribution in [0.15, 0.2) is 24.7 Å². The Morgan fingerprint density at radius 1 is 1.21 bits per heavy atom. The fourth-order valence-corrected chi connectivity index (χ4v) is 4.70. The Labute approximate surface area is 198 Å². The van der Waals surface area contributed by atoms with Crippen LogP contribution in [0.5, 0.6) is 5.75 Å². The van der Waals surface area contributed by atoms with Crippen LogP contribution >= 0.6 is 0 Å². The SMILES string of the molecule is COc1cc(-n2cnc(Nc3nc(N4CCC[C@H]4CO)c4c(C)nn(C)c4n3)c2)cc(C)c1C. The first-order valence-electron chi connectivity index (χ1n) is 11.4. The number of nitrogens with one attached hydrogen (secondary N) is 1. The maximum atomic E-state index is 9.89. The van der Waals surface area contributed by atoms with Crippen LogP contribution in [0, 0.1) is 20.8 Å². The minimum atomic E-state index is 0.0459. The first-order valence-corrected chi connectivity index (χ1v) is 11.4. The molecule has 1 saturated heterocycles. The van der Waals surface area contributed by atoms with Crippen LogP contribution in [0.2, 0.25) is 0 Å². The van der Waals surface area contributed by atoms with E-state index in [2.05, 4.69) is 33.3 Å². The van der Waals surface area contributed by atoms with Gasteiger partial charge in [0.15, 0.2) is 11.5 Å². The van der Waals surface area contributed by atoms with Crippen LogP contribution in [0.25, 0.3) is 16.7 Å². The molecule has 0 unspecified atom stereocenters. The molecule has 3 aromatic heterocycles. The minimum Gasteiger partial charge on any atom is -0.496 e. The molecule has 0 bridgehead atoms. The van der Waals surface area contributed by atoms with Gasteiger partial charge >= 0.3 is 0 Å². The van der Waals surface area contributed by atoms with Crippen LogP contribution in [0.1, 0.15) is 29.7 Å². The first-order chi connectivity index (χ1) is 16.4. The number of imidazole rings is 1. The third-order valence-corrected chi connectivity index (χ3v) is 6.64. The van der Waals surface area contributed by atoms with Gasteiger partial charge in [0.2, 0.25) is 5.95 Å². The predicted molar refractivity (Wildman–Crippen MR) is 131 cm³/mol. The molecule has 0 saturated carbocycles. The summed E-state index contributed by atoms with van der Waals surface area (Å²) >= 11 is 0. The van der Waals surface area contributed by atoms with E-state index < -0.39 is 0 Å². The van der Waals surface area contributed by atoms with E-state index in [1.165, 1.54) is 0 Å². The molecule has 0 aliphatic carbocycles. The molecule has 0 radical (unpaired) electrons. The highest BCUT2D eigenvalue weighted by molar-refractivity contribution is 5.91. The standard InChI is InChI=1S/C24H30N8O2/c1-14-9-18(10-19(34-5)15(14)2)31-11-20(25-13-31)26-24-27-22-21(16(3)29-30(22)4)23(28-24)32-8-6-7-17(32)12-33/h9-11,13,17,33H,6-8,12H2,1-5H3,(H,26,27,28)/t17-/m0/s1. The summed E-state index contributed by atoms with van der Waals surface area (Å²) in [7, 11) is 3.56. The molecule has 0 amide bonds. The van der Waals surface area contributed by atoms with Crippen molar-refractivity contribution < 1.29 is 9.84 Å². The number of hydrogen-bond acceptors (Lipinski definition) is 8. The van der Waals surface area contributed by atoms with E-state index in [0.29, 0.717) is 11.8 Å². The predicted octanol–water partition coefficient (Wildman–Crippen LogP) is 3.19. The summed E-state index contributed by atoms with van der Waals surface area (Å²) in [4.78, 5) is 16.3. The van der Waals surface area contributed by atoms with Gasteiger partial charge in [-0.2, -0.15) is 15.1 Å². The van der Waals surface area contributed by atoms with Gasteiger partial charge in [-0.15, -0.1) is 0 Å². The third-order valence-electron chi connectivity index (χ3n) is 6.64. The van der Waals surface area contributed by atoms with Crippen molar-refractivity contribution in [3.8, 4) is 11.4 Å². The second-order valence-corrected chi connectivity index (χ2v) is 8.83. The van der Waals surface area contributed by atoms with Crippen molar-refractivity contribution in [1.82, 2.24) is 29.3 Å². The zero-order valence-corrected chi connectivity index (χ0v) is 20.2. The van der Waals surface area contributed by atoms with E-state index in [1.807, 2.05) is 37.7 Å². The lowest BCUT2D eigenvalue weighted by molar-refractivity contribution is 0.266. The Kier molecular flexibility index (Phi) is 5.60. The molecule has 2 N–H and O–H groups in total. The van der Waals surface area contributed by atoms with Crippen LogP contribution in [-0.4, -0.2) is 60.7 Å². The molecule has 1 atom stereocenters. The summed E-state index contributed by atoms with van der Waals surface area (Å²) in [6.45, 7) is 7.01. The molecule has 178 valence electrons. The molecule has 4 aromatic rings. The summed E-state index contributed by atoms with van der Waals surface area (Å²) in [5.74, 6) is 2.71. The van der Waals surface area contributed by atoms with Crippen LogP contribution in [0.3, 0.4) is 0 Å². The fraction of sp³-hybridized carbons (Fsp3) is 0.417. The van der Waals surface area contributed by atoms with Gasteiger partial charge in [0.1, 0.15) is 17.9 Å². The third kappa shape index (κ3) is 3.73. The molecule has 0 spiro atoms. The Hall–Kier alpha value is -3.66. The van der Waals surface area contributed by atoms with E-state index in [0.717, 1.165) is 64.5 Å². The molecule has 34 heavy (non-hydrogen) atoms. The zero-order chi connectivity index (χ0) is 24.0. The van der Waals surface area contributed by atoms with Gasteiger partial charge in [-0.1, -0.05) is 0 Å². The average molecular weight is 463 g/mol. The van der Waals surface area contributed by atoms with E-state index in [1.54, 1.807) is 18.1 Å². The highest BCUT2D eigenvalue weighted by Gasteiger charge is 2.29. The summed E-state index contributed by atoms with van der Waals surface area (Å²) in [5, 5.41) is 18.6. The second kappa shape index (κ2) is 8.60. The van der Waals surface area contributed by atoms with Crippen molar-refractivity contribution in [2.45, 2.75) is 39.7 Å². The molecule has 1 fully saturated rings. The van der Waals surface area contributed by atoms with E-state index in [4.69, 9.17) is 14.7 Å². The van der Waals surface area contributed by atoms with Crippen LogP contribution < -0.4 is 15.0 Å². The van der Waals surface area contributed by atoms with Gasteiger partial charge in [0.25, 0.3) is 0 Å². The second-order valence-electron chi connectivity index (χ2n) is 8.83. The number of nitrogens with zero attached hydrogens (tertiary/aromatic N) is 7. The monoisotopic (exact) mass is 462 g/mol. The summed E-state index contributed by atoms with van der Waals surface area (Å²) in [6, 6.07) is 4.14. The lowest BCUT2D eigenvalue weighted by Gasteiger charge is -2.25. The van der Waals surface area contributed by atoms with Gasteiger partial charge in [0.05, 0.1) is 42.7 Å². The number of aryl methyl sites for hydroxylation is 3. The topological polar surface area (TPSA) is 106 Å². The van der Waals surface area contributed by atoms with Crippen molar-refractivity contribution in [1.29, 1.82) is 0 Å². The lowest BCUT2D eigenvalue weighted by atomic mass is 10.1. The minimum absolute atomic E-state index is 0.0459. The molecule has 5 rings (SSSR count). The highest BCUT2D eigenvalue weighted by atomic mass is 16.5. The number of aliphatic hydroxyl groups excluding tert-OH is 1. The smallest absolute Gasteiger partial charge is 0.232 e. The molecule has 10 nitrogen and oxygen atoms in total. The van der Waals surface area contributed by atoms with Crippen LogP contribution in [0.4, 0.5) is 17.6 Å². The number of methoxy groups -OCH3 is 1. The molecular formula is C24H30N8O2. The normalized spacial score (nSPS) is 15.9. The van der Waals surface area contributed by atoms with Gasteiger partial charge in [0, 0.05) is 19.7 Å². The van der Waals surface area contributed by atoms with E-state index in [9.17, 15) is 5.11 Å². The Bertz CT molecular complexity index is 1360. The summed E-state index contributed by atoms with van der Waals surface area (Å²) < 4.78 is 9.23. The number of hydrogen-bond donors (Lipinski definition) is 2. The Morgan fingerprint density at radius 2 is 2.03 bits per heavy atom. The molecule has 4 heterocycles. The van der Waals surface area contributed by atoms with Crippen molar-refractivity contribution in [2.75, 3.05) is 30.5 Å². The molecular weight excluding hydrogens is 432 g/mol. The lowest BCUT2D eigenvalue weighted by Crippen LogP contribution is -2.33. The van der Waals surface area contributed by atoms with Gasteiger partial charge in [-0.3, -0.25) is 0 Å². The van der Waals surface area contributed by atoms with E-state index >= 15 is 0 Å². The van der Waals surface area contributed by atoms with Crippen molar-refractivity contribution in [3.05, 3.63) is 41.5 Å². The van der Waals surface area contributed by atoms with Gasteiger partial charge < -0.3 is 24.6 Å². The fourth-order valence-electron chi connectivity index (χ4n) is 4.70. The van der Waals surface area contributed by atoms with Crippen molar-refractivity contribution in [2.24, 2.45) is 7.05 Å². The number of aliphatic hydroxyl groups is 1. The summed E-state index contributed by atoms with van der Waals surface area (Å²) in [6.07, 6.45) is 5.61. The van der Waals surface area contributed by atoms with E-state index in [-0.39, 0.29) is 12.6 Å². The first kappa shape index (κ1) is 22.1.